The van der Waals surface area contributed by atoms with Crippen molar-refractivity contribution in [3.8, 4) is 11.6 Å². The summed E-state index contributed by atoms with van der Waals surface area (Å²) in [5.74, 6) is 0.164. The fraction of sp³-hybridized carbons (Fsp3) is 0.115. The Labute approximate surface area is 183 Å². The van der Waals surface area contributed by atoms with Crippen LogP contribution in [0.3, 0.4) is 0 Å². The first-order valence-corrected chi connectivity index (χ1v) is 10.6. The highest BCUT2D eigenvalue weighted by Gasteiger charge is 2.35. The van der Waals surface area contributed by atoms with Gasteiger partial charge in [-0.2, -0.15) is 0 Å². The van der Waals surface area contributed by atoms with Gasteiger partial charge in [0, 0.05) is 23.0 Å². The number of fused-ring (bicyclic) bond motifs is 4. The molecule has 0 fully saturated rings. The number of rotatable bonds is 3. The first-order valence-electron chi connectivity index (χ1n) is 10.6. The smallest absolute Gasteiger partial charge is 0.332 e. The number of phenols is 1. The molecule has 0 amide bonds. The number of aromatic nitrogens is 3. The van der Waals surface area contributed by atoms with Gasteiger partial charge in [-0.25, -0.2) is 4.79 Å². The van der Waals surface area contributed by atoms with E-state index >= 15 is 0 Å². The summed E-state index contributed by atoms with van der Waals surface area (Å²) in [6.07, 6.45) is 0.455. The van der Waals surface area contributed by atoms with Crippen LogP contribution in [0.5, 0.6) is 11.6 Å². The van der Waals surface area contributed by atoms with Gasteiger partial charge in [-0.05, 0) is 34.9 Å². The molecule has 3 heterocycles. The van der Waals surface area contributed by atoms with Gasteiger partial charge in [0.1, 0.15) is 11.8 Å². The van der Waals surface area contributed by atoms with Crippen LogP contribution in [-0.4, -0.2) is 24.3 Å². The molecule has 6 heteroatoms. The van der Waals surface area contributed by atoms with Crippen LogP contribution in [0, 0.1) is 0 Å². The number of benzene rings is 3. The summed E-state index contributed by atoms with van der Waals surface area (Å²) in [6, 6.07) is 24.2. The predicted octanol–water partition coefficient (Wildman–Crippen LogP) is 4.13. The fourth-order valence-corrected chi connectivity index (χ4v) is 4.85. The Morgan fingerprint density at radius 3 is 2.41 bits per heavy atom. The van der Waals surface area contributed by atoms with Gasteiger partial charge in [0.25, 0.3) is 0 Å². The Morgan fingerprint density at radius 2 is 1.62 bits per heavy atom. The van der Waals surface area contributed by atoms with Gasteiger partial charge >= 0.3 is 5.69 Å². The quantitative estimate of drug-likeness (QED) is 0.400. The fourth-order valence-electron chi connectivity index (χ4n) is 4.85. The molecule has 6 rings (SSSR count). The molecule has 3 N–H and O–H groups in total. The van der Waals surface area contributed by atoms with Crippen molar-refractivity contribution in [2.75, 3.05) is 0 Å². The first kappa shape index (κ1) is 18.6. The van der Waals surface area contributed by atoms with Crippen molar-refractivity contribution in [3.63, 3.8) is 0 Å². The number of nitrogens with one attached hydrogen (secondary N) is 1. The van der Waals surface area contributed by atoms with Gasteiger partial charge in [-0.1, -0.05) is 60.7 Å². The third kappa shape index (κ3) is 2.69. The lowest BCUT2D eigenvalue weighted by molar-refractivity contribution is 0.416. The summed E-state index contributed by atoms with van der Waals surface area (Å²) >= 11 is 0. The summed E-state index contributed by atoms with van der Waals surface area (Å²) in [5.41, 5.74) is 5.14. The van der Waals surface area contributed by atoms with Gasteiger partial charge in [0.15, 0.2) is 0 Å². The van der Waals surface area contributed by atoms with Crippen molar-refractivity contribution < 1.29 is 10.2 Å². The summed E-state index contributed by atoms with van der Waals surface area (Å²) in [4.78, 5) is 17.1. The number of nitrogens with zero attached hydrogens (tertiary/aromatic N) is 2. The number of imidazole rings is 1. The second kappa shape index (κ2) is 6.92. The van der Waals surface area contributed by atoms with E-state index < -0.39 is 6.04 Å². The Kier molecular flexibility index (Phi) is 4.01. The second-order valence-corrected chi connectivity index (χ2v) is 8.23. The Bertz CT molecular complexity index is 1510. The van der Waals surface area contributed by atoms with Gasteiger partial charge in [0.05, 0.1) is 12.2 Å². The lowest BCUT2D eigenvalue weighted by atomic mass is 9.93. The molecule has 0 saturated heterocycles. The number of aromatic hydroxyl groups is 2. The van der Waals surface area contributed by atoms with Crippen LogP contribution in [0.1, 0.15) is 34.1 Å². The van der Waals surface area contributed by atoms with Crippen LogP contribution in [0.4, 0.5) is 0 Å². The van der Waals surface area contributed by atoms with Crippen molar-refractivity contribution in [2.45, 2.75) is 19.0 Å². The Balaban J connectivity index is 1.60. The molecule has 0 spiro atoms. The van der Waals surface area contributed by atoms with E-state index in [0.29, 0.717) is 18.7 Å². The van der Waals surface area contributed by atoms with Crippen molar-refractivity contribution >= 4 is 10.9 Å². The van der Waals surface area contributed by atoms with Crippen LogP contribution >= 0.6 is 0 Å². The molecule has 0 bridgehead atoms. The van der Waals surface area contributed by atoms with Gasteiger partial charge in [-0.3, -0.25) is 9.13 Å². The minimum absolute atomic E-state index is 0.00133. The standard InChI is InChI=1S/C26H21N3O3/c30-18-12-10-17(11-13-18)24-23-20(19-8-4-5-9-21(19)27-23)14-22-25(31)28(26(32)29(22)24)15-16-6-2-1-3-7-16/h1-13,24,27,30-31H,14-15H2/t24-/m0/s1. The molecule has 0 saturated carbocycles. The van der Waals surface area contributed by atoms with E-state index in [2.05, 4.69) is 11.1 Å². The molecule has 158 valence electrons. The molecule has 0 unspecified atom stereocenters. The topological polar surface area (TPSA) is 83.2 Å². The average molecular weight is 423 g/mol. The highest BCUT2D eigenvalue weighted by atomic mass is 16.3. The molecular formula is C26H21N3O3. The zero-order valence-electron chi connectivity index (χ0n) is 17.2. The zero-order valence-corrected chi connectivity index (χ0v) is 17.2. The monoisotopic (exact) mass is 423 g/mol. The van der Waals surface area contributed by atoms with E-state index in [1.54, 1.807) is 16.7 Å². The normalized spacial score (nSPS) is 14.9. The third-order valence-corrected chi connectivity index (χ3v) is 6.36. The molecule has 1 atom stereocenters. The molecule has 1 aliphatic rings. The van der Waals surface area contributed by atoms with Crippen LogP contribution in [0.25, 0.3) is 10.9 Å². The van der Waals surface area contributed by atoms with Crippen molar-refractivity contribution in [1.82, 2.24) is 14.1 Å². The van der Waals surface area contributed by atoms with E-state index in [-0.39, 0.29) is 17.3 Å². The van der Waals surface area contributed by atoms with E-state index in [4.69, 9.17) is 0 Å². The largest absolute Gasteiger partial charge is 0.508 e. The number of H-pyrrole nitrogens is 1. The third-order valence-electron chi connectivity index (χ3n) is 6.36. The maximum Gasteiger partial charge on any atom is 0.332 e. The first-order chi connectivity index (χ1) is 15.6. The molecule has 0 radical (unpaired) electrons. The van der Waals surface area contributed by atoms with Crippen molar-refractivity contribution in [2.24, 2.45) is 0 Å². The maximum absolute atomic E-state index is 13.6. The molecule has 1 aliphatic heterocycles. The lowest BCUT2D eigenvalue weighted by Gasteiger charge is -2.26. The molecule has 32 heavy (non-hydrogen) atoms. The number of para-hydroxylation sites is 1. The SMILES string of the molecule is O=c1n(Cc2ccccc2)c(O)c2n1[C@@H](c1ccc(O)cc1)c1[nH]c3ccccc3c1C2. The van der Waals surface area contributed by atoms with Crippen LogP contribution in [0.15, 0.2) is 83.7 Å². The molecule has 5 aromatic rings. The summed E-state index contributed by atoms with van der Waals surface area (Å²) in [6.45, 7) is 0.294. The van der Waals surface area contributed by atoms with E-state index in [1.807, 2.05) is 60.7 Å². The van der Waals surface area contributed by atoms with E-state index in [1.165, 1.54) is 4.57 Å². The number of hydrogen-bond acceptors (Lipinski definition) is 3. The molecule has 2 aromatic heterocycles. The number of aromatic amines is 1. The minimum Gasteiger partial charge on any atom is -0.508 e. The van der Waals surface area contributed by atoms with E-state index in [0.717, 1.165) is 33.3 Å². The van der Waals surface area contributed by atoms with Gasteiger partial charge < -0.3 is 15.2 Å². The Hall–Kier alpha value is -4.19. The van der Waals surface area contributed by atoms with E-state index in [9.17, 15) is 15.0 Å². The second-order valence-electron chi connectivity index (χ2n) is 8.23. The zero-order chi connectivity index (χ0) is 21.8. The van der Waals surface area contributed by atoms with Crippen LogP contribution in [0.2, 0.25) is 0 Å². The van der Waals surface area contributed by atoms with Gasteiger partial charge in [0.2, 0.25) is 5.88 Å². The summed E-state index contributed by atoms with van der Waals surface area (Å²) in [7, 11) is 0. The predicted molar refractivity (Wildman–Crippen MR) is 122 cm³/mol. The minimum atomic E-state index is -0.433. The number of hydrogen-bond donors (Lipinski definition) is 3. The summed E-state index contributed by atoms with van der Waals surface area (Å²) in [5, 5.41) is 22.0. The molecule has 6 nitrogen and oxygen atoms in total. The van der Waals surface area contributed by atoms with Crippen molar-refractivity contribution in [1.29, 1.82) is 0 Å². The molecule has 3 aromatic carbocycles. The number of phenolic OH excluding ortho intramolecular Hbond substituents is 1. The van der Waals surface area contributed by atoms with Crippen LogP contribution < -0.4 is 5.69 Å². The maximum atomic E-state index is 13.6. The van der Waals surface area contributed by atoms with Crippen molar-refractivity contribution in [3.05, 3.63) is 117 Å². The van der Waals surface area contributed by atoms with Crippen LogP contribution in [-0.2, 0) is 13.0 Å². The Morgan fingerprint density at radius 1 is 0.906 bits per heavy atom. The molecular weight excluding hydrogens is 402 g/mol. The highest BCUT2D eigenvalue weighted by Crippen LogP contribution is 2.41. The lowest BCUT2D eigenvalue weighted by Crippen LogP contribution is -2.32. The summed E-state index contributed by atoms with van der Waals surface area (Å²) < 4.78 is 3.12. The average Bonchev–Trinajstić information content (AvgIpc) is 3.30. The van der Waals surface area contributed by atoms with Gasteiger partial charge in [-0.15, -0.1) is 0 Å². The highest BCUT2D eigenvalue weighted by molar-refractivity contribution is 5.86. The molecule has 0 aliphatic carbocycles.